The molecule has 0 saturated heterocycles. The number of nitrogens with two attached hydrogens (primary N) is 1. The van der Waals surface area contributed by atoms with Gasteiger partial charge in [-0.15, -0.1) is 0 Å². The monoisotopic (exact) mass is 223 g/mol. The number of carbonyl (C=O) groups excluding carboxylic acids is 1. The van der Waals surface area contributed by atoms with E-state index in [0.29, 0.717) is 13.0 Å². The number of aryl methyl sites for hydroxylation is 1. The van der Waals surface area contributed by atoms with E-state index in [-0.39, 0.29) is 12.5 Å². The Morgan fingerprint density at radius 1 is 1.44 bits per heavy atom. The van der Waals surface area contributed by atoms with E-state index in [0.717, 1.165) is 16.9 Å². The van der Waals surface area contributed by atoms with Gasteiger partial charge in [0.2, 0.25) is 0 Å². The van der Waals surface area contributed by atoms with Crippen LogP contribution in [0.15, 0.2) is 18.2 Å². The standard InChI is InChI=1S/C12H17NO3/c1-9-3-4-11(15-2)10(7-9)5-6-16-12(14)8-13/h3-4,7H,5-6,8,13H2,1-2H3. The van der Waals surface area contributed by atoms with Gasteiger partial charge in [0.1, 0.15) is 5.75 Å². The molecule has 0 aliphatic carbocycles. The predicted molar refractivity (Wildman–Crippen MR) is 61.4 cm³/mol. The molecule has 0 saturated carbocycles. The summed E-state index contributed by atoms with van der Waals surface area (Å²) in [5, 5.41) is 0. The Kier molecular flexibility index (Phi) is 4.79. The smallest absolute Gasteiger partial charge is 0.319 e. The Morgan fingerprint density at radius 3 is 2.81 bits per heavy atom. The van der Waals surface area contributed by atoms with Crippen LogP contribution in [0.5, 0.6) is 5.75 Å². The first kappa shape index (κ1) is 12.5. The average Bonchev–Trinajstić information content (AvgIpc) is 2.29. The summed E-state index contributed by atoms with van der Waals surface area (Å²) >= 11 is 0. The molecule has 0 radical (unpaired) electrons. The molecule has 16 heavy (non-hydrogen) atoms. The van der Waals surface area contributed by atoms with Crippen LogP contribution >= 0.6 is 0 Å². The van der Waals surface area contributed by atoms with Gasteiger partial charge in [-0.2, -0.15) is 0 Å². The molecule has 0 bridgehead atoms. The lowest BCUT2D eigenvalue weighted by molar-refractivity contribution is -0.141. The normalized spacial score (nSPS) is 9.94. The van der Waals surface area contributed by atoms with Gasteiger partial charge in [0, 0.05) is 6.42 Å². The van der Waals surface area contributed by atoms with Crippen molar-refractivity contribution in [1.82, 2.24) is 0 Å². The van der Waals surface area contributed by atoms with Crippen molar-refractivity contribution in [2.75, 3.05) is 20.3 Å². The van der Waals surface area contributed by atoms with E-state index >= 15 is 0 Å². The molecule has 4 nitrogen and oxygen atoms in total. The number of ether oxygens (including phenoxy) is 2. The van der Waals surface area contributed by atoms with Crippen LogP contribution in [0.3, 0.4) is 0 Å². The third-order valence-corrected chi connectivity index (χ3v) is 2.24. The molecule has 0 amide bonds. The molecule has 0 aliphatic rings. The first-order valence-corrected chi connectivity index (χ1v) is 5.16. The summed E-state index contributed by atoms with van der Waals surface area (Å²) in [5.74, 6) is 0.431. The third kappa shape index (κ3) is 3.55. The first-order chi connectivity index (χ1) is 7.67. The van der Waals surface area contributed by atoms with Gasteiger partial charge in [0.05, 0.1) is 20.3 Å². The summed E-state index contributed by atoms with van der Waals surface area (Å²) in [6.07, 6.45) is 0.636. The Labute approximate surface area is 95.3 Å². The molecule has 0 unspecified atom stereocenters. The zero-order chi connectivity index (χ0) is 12.0. The van der Waals surface area contributed by atoms with E-state index in [2.05, 4.69) is 0 Å². The summed E-state index contributed by atoms with van der Waals surface area (Å²) in [4.78, 5) is 10.8. The largest absolute Gasteiger partial charge is 0.496 e. The number of rotatable bonds is 5. The second-order valence-corrected chi connectivity index (χ2v) is 3.49. The highest BCUT2D eigenvalue weighted by molar-refractivity contribution is 5.71. The van der Waals surface area contributed by atoms with Crippen molar-refractivity contribution in [2.24, 2.45) is 5.73 Å². The molecule has 2 N–H and O–H groups in total. The van der Waals surface area contributed by atoms with E-state index in [1.54, 1.807) is 7.11 Å². The molecule has 0 fully saturated rings. The lowest BCUT2D eigenvalue weighted by Crippen LogP contribution is -2.18. The maximum atomic E-state index is 10.8. The van der Waals surface area contributed by atoms with Crippen molar-refractivity contribution in [3.63, 3.8) is 0 Å². The Balaban J connectivity index is 2.58. The third-order valence-electron chi connectivity index (χ3n) is 2.24. The molecule has 1 rings (SSSR count). The molecule has 0 atom stereocenters. The van der Waals surface area contributed by atoms with Gasteiger partial charge in [0.15, 0.2) is 0 Å². The maximum Gasteiger partial charge on any atom is 0.319 e. The van der Waals surface area contributed by atoms with Crippen LogP contribution in [0.25, 0.3) is 0 Å². The van der Waals surface area contributed by atoms with E-state index < -0.39 is 0 Å². The fourth-order valence-corrected chi connectivity index (χ4v) is 1.44. The summed E-state index contributed by atoms with van der Waals surface area (Å²) in [5.41, 5.74) is 7.32. The lowest BCUT2D eigenvalue weighted by atomic mass is 10.1. The maximum absolute atomic E-state index is 10.8. The molecular weight excluding hydrogens is 206 g/mol. The molecule has 88 valence electrons. The van der Waals surface area contributed by atoms with Gasteiger partial charge >= 0.3 is 5.97 Å². The van der Waals surface area contributed by atoms with Crippen molar-refractivity contribution in [3.05, 3.63) is 29.3 Å². The van der Waals surface area contributed by atoms with Crippen LogP contribution < -0.4 is 10.5 Å². The summed E-state index contributed by atoms with van der Waals surface area (Å²) in [6, 6.07) is 5.92. The molecular formula is C12H17NO3. The van der Waals surface area contributed by atoms with Gasteiger partial charge < -0.3 is 15.2 Å². The first-order valence-electron chi connectivity index (χ1n) is 5.16. The molecule has 0 spiro atoms. The zero-order valence-electron chi connectivity index (χ0n) is 9.66. The van der Waals surface area contributed by atoms with Crippen molar-refractivity contribution in [2.45, 2.75) is 13.3 Å². The second-order valence-electron chi connectivity index (χ2n) is 3.49. The Bertz CT molecular complexity index is 363. The van der Waals surface area contributed by atoms with Crippen molar-refractivity contribution in [3.8, 4) is 5.75 Å². The molecule has 0 aromatic heterocycles. The minimum atomic E-state index is -0.383. The van der Waals surface area contributed by atoms with Gasteiger partial charge in [-0.3, -0.25) is 4.79 Å². The highest BCUT2D eigenvalue weighted by Gasteiger charge is 2.04. The van der Waals surface area contributed by atoms with E-state index in [1.165, 1.54) is 0 Å². The molecule has 1 aromatic carbocycles. The highest BCUT2D eigenvalue weighted by Crippen LogP contribution is 2.19. The van der Waals surface area contributed by atoms with Crippen LogP contribution in [0.2, 0.25) is 0 Å². The number of benzene rings is 1. The summed E-state index contributed by atoms with van der Waals surface area (Å²) in [6.45, 7) is 2.26. The van der Waals surface area contributed by atoms with Crippen LogP contribution in [0.1, 0.15) is 11.1 Å². The number of methoxy groups -OCH3 is 1. The fraction of sp³-hybridized carbons (Fsp3) is 0.417. The summed E-state index contributed by atoms with van der Waals surface area (Å²) in [7, 11) is 1.63. The number of carbonyl (C=O) groups is 1. The second kappa shape index (κ2) is 6.12. The van der Waals surface area contributed by atoms with Crippen LogP contribution in [0, 0.1) is 6.92 Å². The minimum Gasteiger partial charge on any atom is -0.496 e. The zero-order valence-corrected chi connectivity index (χ0v) is 9.66. The van der Waals surface area contributed by atoms with Crippen molar-refractivity contribution >= 4 is 5.97 Å². The number of hydrogen-bond acceptors (Lipinski definition) is 4. The van der Waals surface area contributed by atoms with E-state index in [1.807, 2.05) is 25.1 Å². The average molecular weight is 223 g/mol. The van der Waals surface area contributed by atoms with Gasteiger partial charge in [-0.05, 0) is 18.6 Å². The highest BCUT2D eigenvalue weighted by atomic mass is 16.5. The summed E-state index contributed by atoms with van der Waals surface area (Å²) < 4.78 is 10.1. The van der Waals surface area contributed by atoms with Crippen molar-refractivity contribution < 1.29 is 14.3 Å². The molecule has 0 heterocycles. The minimum absolute atomic E-state index is 0.0784. The quantitative estimate of drug-likeness (QED) is 0.758. The molecule has 0 aliphatic heterocycles. The van der Waals surface area contributed by atoms with Crippen molar-refractivity contribution in [1.29, 1.82) is 0 Å². The molecule has 1 aromatic rings. The molecule has 4 heteroatoms. The van der Waals surface area contributed by atoms with Crippen LogP contribution in [-0.4, -0.2) is 26.2 Å². The van der Waals surface area contributed by atoms with Crippen LogP contribution in [-0.2, 0) is 16.0 Å². The van der Waals surface area contributed by atoms with Gasteiger partial charge in [-0.25, -0.2) is 0 Å². The van der Waals surface area contributed by atoms with E-state index in [9.17, 15) is 4.79 Å². The SMILES string of the molecule is COc1ccc(C)cc1CCOC(=O)CN. The topological polar surface area (TPSA) is 61.5 Å². The lowest BCUT2D eigenvalue weighted by Gasteiger charge is -2.09. The fourth-order valence-electron chi connectivity index (χ4n) is 1.44. The van der Waals surface area contributed by atoms with Crippen LogP contribution in [0.4, 0.5) is 0 Å². The number of esters is 1. The number of hydrogen-bond donors (Lipinski definition) is 1. The van der Waals surface area contributed by atoms with Gasteiger partial charge in [-0.1, -0.05) is 17.7 Å². The Morgan fingerprint density at radius 2 is 2.19 bits per heavy atom. The Hall–Kier alpha value is -1.55. The van der Waals surface area contributed by atoms with Gasteiger partial charge in [0.25, 0.3) is 0 Å². The van der Waals surface area contributed by atoms with E-state index in [4.69, 9.17) is 15.2 Å². The predicted octanol–water partition coefficient (Wildman–Crippen LogP) is 1.05.